The summed E-state index contributed by atoms with van der Waals surface area (Å²) in [4.78, 5) is 4.44. The first-order chi connectivity index (χ1) is 8.40. The number of pyridine rings is 1. The van der Waals surface area contributed by atoms with Gasteiger partial charge in [0.05, 0.1) is 6.54 Å². The van der Waals surface area contributed by atoms with Gasteiger partial charge in [-0.1, -0.05) is 18.2 Å². The highest BCUT2D eigenvalue weighted by molar-refractivity contribution is 5.69. The van der Waals surface area contributed by atoms with Gasteiger partial charge in [0.25, 0.3) is 0 Å². The predicted octanol–water partition coefficient (Wildman–Crippen LogP) is 2.33. The topological polar surface area (TPSA) is 21.7 Å². The van der Waals surface area contributed by atoms with Gasteiger partial charge in [-0.15, -0.1) is 4.98 Å². The van der Waals surface area contributed by atoms with Crippen molar-refractivity contribution < 1.29 is 4.57 Å². The lowest BCUT2D eigenvalue weighted by atomic mass is 10.3. The monoisotopic (exact) mass is 224 g/mol. The number of hydrogen-bond acceptors (Lipinski definition) is 1. The van der Waals surface area contributed by atoms with Crippen LogP contribution in [-0.4, -0.2) is 9.55 Å². The van der Waals surface area contributed by atoms with Crippen LogP contribution in [0.3, 0.4) is 0 Å². The first-order valence-corrected chi connectivity index (χ1v) is 5.81. The van der Waals surface area contributed by atoms with Crippen LogP contribution in [0.15, 0.2) is 55.0 Å². The Labute approximate surface area is 100.0 Å². The molecule has 2 aromatic heterocycles. The minimum atomic E-state index is 0.924. The van der Waals surface area contributed by atoms with Crippen molar-refractivity contribution in [1.82, 2.24) is 9.55 Å². The standard InChI is InChI=1S/C14H14N3/c1-2-16-11-17(12-7-4-3-5-8-12)13-9-6-10-15-14(13)16/h3-11H,2H2,1H3/q+1. The van der Waals surface area contributed by atoms with Gasteiger partial charge >= 0.3 is 5.65 Å². The molecule has 0 unspecified atom stereocenters. The molecule has 0 saturated carbocycles. The van der Waals surface area contributed by atoms with E-state index in [4.69, 9.17) is 0 Å². The molecule has 0 bridgehead atoms. The SMILES string of the molecule is CC[n+]1cn(-c2ccccc2)c2cccnc21. The third-order valence-corrected chi connectivity index (χ3v) is 2.93. The number of fused-ring (bicyclic) bond motifs is 1. The zero-order valence-electron chi connectivity index (χ0n) is 9.74. The lowest BCUT2D eigenvalue weighted by molar-refractivity contribution is -0.670. The number of para-hydroxylation sites is 1. The molecule has 0 aliphatic heterocycles. The fraction of sp³-hybridized carbons (Fsp3) is 0.143. The Morgan fingerprint density at radius 3 is 2.71 bits per heavy atom. The van der Waals surface area contributed by atoms with E-state index in [0.29, 0.717) is 0 Å². The molecule has 3 aromatic rings. The molecule has 3 nitrogen and oxygen atoms in total. The van der Waals surface area contributed by atoms with Gasteiger partial charge in [0.1, 0.15) is 11.9 Å². The summed E-state index contributed by atoms with van der Waals surface area (Å²) in [5, 5.41) is 0. The van der Waals surface area contributed by atoms with Gasteiger partial charge in [-0.25, -0.2) is 9.13 Å². The van der Waals surface area contributed by atoms with Crippen molar-refractivity contribution in [1.29, 1.82) is 0 Å². The molecule has 17 heavy (non-hydrogen) atoms. The van der Waals surface area contributed by atoms with Crippen LogP contribution in [-0.2, 0) is 6.54 Å². The van der Waals surface area contributed by atoms with E-state index in [1.165, 1.54) is 0 Å². The summed E-state index contributed by atoms with van der Waals surface area (Å²) in [6, 6.07) is 14.4. The van der Waals surface area contributed by atoms with Crippen molar-refractivity contribution in [3.63, 3.8) is 0 Å². The molecule has 3 rings (SSSR count). The number of nitrogens with zero attached hydrogens (tertiary/aromatic N) is 3. The maximum absolute atomic E-state index is 4.44. The second-order valence-electron chi connectivity index (χ2n) is 3.95. The molecule has 0 N–H and O–H groups in total. The van der Waals surface area contributed by atoms with E-state index in [2.05, 4.69) is 45.6 Å². The van der Waals surface area contributed by atoms with Crippen LogP contribution in [0.1, 0.15) is 6.92 Å². The van der Waals surface area contributed by atoms with Gasteiger partial charge < -0.3 is 0 Å². The summed E-state index contributed by atoms with van der Waals surface area (Å²) in [5.41, 5.74) is 3.33. The summed E-state index contributed by atoms with van der Waals surface area (Å²) < 4.78 is 4.33. The Morgan fingerprint density at radius 1 is 1.12 bits per heavy atom. The Hall–Kier alpha value is -2.16. The third-order valence-electron chi connectivity index (χ3n) is 2.93. The van der Waals surface area contributed by atoms with E-state index in [1.807, 2.05) is 30.5 Å². The van der Waals surface area contributed by atoms with E-state index >= 15 is 0 Å². The lowest BCUT2D eigenvalue weighted by Gasteiger charge is -1.96. The van der Waals surface area contributed by atoms with Gasteiger partial charge in [-0.05, 0) is 31.2 Å². The van der Waals surface area contributed by atoms with Crippen molar-refractivity contribution in [2.24, 2.45) is 0 Å². The molecule has 0 aliphatic carbocycles. The van der Waals surface area contributed by atoms with Crippen LogP contribution in [0.2, 0.25) is 0 Å². The molecular weight excluding hydrogens is 210 g/mol. The zero-order chi connectivity index (χ0) is 11.7. The van der Waals surface area contributed by atoms with Crippen molar-refractivity contribution in [2.45, 2.75) is 13.5 Å². The first kappa shape index (κ1) is 10.0. The van der Waals surface area contributed by atoms with Gasteiger partial charge in [-0.3, -0.25) is 0 Å². The summed E-state index contributed by atoms with van der Waals surface area (Å²) in [5.74, 6) is 0. The normalized spacial score (nSPS) is 10.9. The molecule has 2 heterocycles. The molecule has 84 valence electrons. The molecule has 1 aromatic carbocycles. The van der Waals surface area contributed by atoms with Crippen LogP contribution in [0.4, 0.5) is 0 Å². The highest BCUT2D eigenvalue weighted by Gasteiger charge is 2.15. The molecule has 0 fully saturated rings. The van der Waals surface area contributed by atoms with E-state index < -0.39 is 0 Å². The van der Waals surface area contributed by atoms with Crippen molar-refractivity contribution in [3.8, 4) is 5.69 Å². The van der Waals surface area contributed by atoms with Crippen LogP contribution < -0.4 is 4.57 Å². The number of benzene rings is 1. The van der Waals surface area contributed by atoms with Crippen LogP contribution in [0, 0.1) is 0 Å². The van der Waals surface area contributed by atoms with Gasteiger partial charge in [-0.2, -0.15) is 0 Å². The van der Waals surface area contributed by atoms with Crippen LogP contribution in [0.5, 0.6) is 0 Å². The zero-order valence-corrected chi connectivity index (χ0v) is 9.74. The van der Waals surface area contributed by atoms with Gasteiger partial charge in [0, 0.05) is 0 Å². The van der Waals surface area contributed by atoms with Gasteiger partial charge in [0.2, 0.25) is 0 Å². The summed E-state index contributed by atoms with van der Waals surface area (Å²) >= 11 is 0. The predicted molar refractivity (Wildman–Crippen MR) is 66.9 cm³/mol. The largest absolute Gasteiger partial charge is 0.302 e. The number of aryl methyl sites for hydroxylation is 1. The minimum absolute atomic E-state index is 0.924. The van der Waals surface area contributed by atoms with E-state index in [-0.39, 0.29) is 0 Å². The number of hydrogen-bond donors (Lipinski definition) is 0. The quantitative estimate of drug-likeness (QED) is 0.612. The summed E-state index contributed by atoms with van der Waals surface area (Å²) in [7, 11) is 0. The van der Waals surface area contributed by atoms with E-state index in [0.717, 1.165) is 23.4 Å². The Morgan fingerprint density at radius 2 is 1.94 bits per heavy atom. The Balaban J connectivity index is 2.31. The molecule has 0 radical (unpaired) electrons. The van der Waals surface area contributed by atoms with Crippen LogP contribution >= 0.6 is 0 Å². The van der Waals surface area contributed by atoms with Crippen molar-refractivity contribution >= 4 is 11.2 Å². The third kappa shape index (κ3) is 1.60. The molecule has 3 heteroatoms. The summed E-state index contributed by atoms with van der Waals surface area (Å²) in [6.07, 6.45) is 3.94. The maximum atomic E-state index is 4.44. The maximum Gasteiger partial charge on any atom is 0.302 e. The Bertz CT molecular complexity index is 641. The number of rotatable bonds is 2. The smallest absolute Gasteiger partial charge is 0.233 e. The molecular formula is C14H14N3+. The molecule has 0 atom stereocenters. The van der Waals surface area contributed by atoms with Crippen LogP contribution in [0.25, 0.3) is 16.9 Å². The number of aromatic nitrogens is 3. The van der Waals surface area contributed by atoms with E-state index in [9.17, 15) is 0 Å². The van der Waals surface area contributed by atoms with Crippen molar-refractivity contribution in [2.75, 3.05) is 0 Å². The molecule has 0 spiro atoms. The molecule has 0 amide bonds. The number of imidazole rings is 1. The van der Waals surface area contributed by atoms with E-state index in [1.54, 1.807) is 0 Å². The summed E-state index contributed by atoms with van der Waals surface area (Å²) in [6.45, 7) is 3.05. The molecule has 0 aliphatic rings. The average Bonchev–Trinajstić information content (AvgIpc) is 2.78. The Kier molecular flexibility index (Phi) is 2.37. The van der Waals surface area contributed by atoms with Crippen molar-refractivity contribution in [3.05, 3.63) is 55.0 Å². The fourth-order valence-electron chi connectivity index (χ4n) is 2.08. The lowest BCUT2D eigenvalue weighted by Crippen LogP contribution is -2.31. The fourth-order valence-corrected chi connectivity index (χ4v) is 2.08. The first-order valence-electron chi connectivity index (χ1n) is 5.81. The second kappa shape index (κ2) is 4.01. The molecule has 0 saturated heterocycles. The highest BCUT2D eigenvalue weighted by atomic mass is 15.2. The minimum Gasteiger partial charge on any atom is -0.233 e. The average molecular weight is 224 g/mol. The second-order valence-corrected chi connectivity index (χ2v) is 3.95. The highest BCUT2D eigenvalue weighted by Crippen LogP contribution is 2.14. The van der Waals surface area contributed by atoms with Gasteiger partial charge in [0.15, 0.2) is 11.8 Å².